The maximum atomic E-state index is 11.8. The molecule has 1 aromatic rings. The molecular formula is C12H18N2O2S. The average molecular weight is 254 g/mol. The average Bonchev–Trinajstić information content (AvgIpc) is 2.89. The summed E-state index contributed by atoms with van der Waals surface area (Å²) in [5, 5.41) is 14.0. The lowest BCUT2D eigenvalue weighted by atomic mass is 9.98. The van der Waals surface area contributed by atoms with Gasteiger partial charge in [0.2, 0.25) is 0 Å². The molecule has 94 valence electrons. The molecule has 0 aliphatic carbocycles. The number of carbonyl (C=O) groups is 1. The van der Waals surface area contributed by atoms with Crippen molar-refractivity contribution in [3.05, 3.63) is 22.4 Å². The van der Waals surface area contributed by atoms with Gasteiger partial charge >= 0.3 is 6.03 Å². The Labute approximate surface area is 105 Å². The van der Waals surface area contributed by atoms with Crippen molar-refractivity contribution in [1.29, 1.82) is 0 Å². The number of rotatable bonds is 3. The Hall–Kier alpha value is -1.07. The van der Waals surface area contributed by atoms with Crippen LogP contribution in [0.15, 0.2) is 17.5 Å². The summed E-state index contributed by atoms with van der Waals surface area (Å²) in [4.78, 5) is 14.8. The summed E-state index contributed by atoms with van der Waals surface area (Å²) >= 11 is 1.65. The van der Waals surface area contributed by atoms with E-state index >= 15 is 0 Å². The molecule has 1 saturated heterocycles. The molecule has 4 nitrogen and oxygen atoms in total. The number of thiophene rings is 1. The maximum Gasteiger partial charge on any atom is 0.317 e. The van der Waals surface area contributed by atoms with E-state index in [-0.39, 0.29) is 12.6 Å². The number of urea groups is 1. The van der Waals surface area contributed by atoms with Crippen molar-refractivity contribution in [2.75, 3.05) is 19.7 Å². The second-order valence-electron chi connectivity index (χ2n) is 4.35. The van der Waals surface area contributed by atoms with Gasteiger partial charge in [-0.05, 0) is 30.2 Å². The molecule has 2 amide bonds. The van der Waals surface area contributed by atoms with Gasteiger partial charge < -0.3 is 15.3 Å². The predicted octanol–water partition coefficient (Wildman–Crippen LogP) is 1.66. The molecular weight excluding hydrogens is 236 g/mol. The molecule has 2 rings (SSSR count). The van der Waals surface area contributed by atoms with Crippen LogP contribution >= 0.6 is 11.3 Å². The Balaban J connectivity index is 1.73. The highest BCUT2D eigenvalue weighted by Crippen LogP contribution is 2.16. The highest BCUT2D eigenvalue weighted by Gasteiger charge is 2.21. The molecule has 0 aromatic carbocycles. The first-order valence-corrected chi connectivity index (χ1v) is 6.83. The van der Waals surface area contributed by atoms with Gasteiger partial charge in [-0.25, -0.2) is 4.79 Å². The summed E-state index contributed by atoms with van der Waals surface area (Å²) in [6, 6.07) is 4.01. The molecule has 0 atom stereocenters. The molecule has 0 radical (unpaired) electrons. The summed E-state index contributed by atoms with van der Waals surface area (Å²) in [6.07, 6.45) is 1.81. The number of piperidine rings is 1. The van der Waals surface area contributed by atoms with E-state index < -0.39 is 0 Å². The summed E-state index contributed by atoms with van der Waals surface area (Å²) in [5.41, 5.74) is 0. The molecule has 5 heteroatoms. The van der Waals surface area contributed by atoms with Gasteiger partial charge in [0.15, 0.2) is 0 Å². The summed E-state index contributed by atoms with van der Waals surface area (Å²) in [6.45, 7) is 2.35. The molecule has 0 spiro atoms. The van der Waals surface area contributed by atoms with Crippen LogP contribution < -0.4 is 5.32 Å². The Morgan fingerprint density at radius 1 is 1.53 bits per heavy atom. The summed E-state index contributed by atoms with van der Waals surface area (Å²) < 4.78 is 0. The summed E-state index contributed by atoms with van der Waals surface area (Å²) in [7, 11) is 0. The minimum atomic E-state index is 0.00906. The third-order valence-electron chi connectivity index (χ3n) is 3.15. The van der Waals surface area contributed by atoms with Crippen LogP contribution in [0.4, 0.5) is 4.79 Å². The number of hydrogen-bond acceptors (Lipinski definition) is 3. The third kappa shape index (κ3) is 3.44. The maximum absolute atomic E-state index is 11.8. The van der Waals surface area contributed by atoms with Crippen LogP contribution in [-0.2, 0) is 6.54 Å². The fraction of sp³-hybridized carbons (Fsp3) is 0.583. The van der Waals surface area contributed by atoms with Crippen molar-refractivity contribution in [1.82, 2.24) is 10.2 Å². The SMILES string of the molecule is O=C(NCc1cccs1)N1CCC(CO)CC1. The minimum Gasteiger partial charge on any atom is -0.396 e. The molecule has 0 saturated carbocycles. The number of nitrogens with zero attached hydrogens (tertiary/aromatic N) is 1. The van der Waals surface area contributed by atoms with E-state index in [1.807, 2.05) is 22.4 Å². The molecule has 2 heterocycles. The molecule has 1 fully saturated rings. The number of hydrogen-bond donors (Lipinski definition) is 2. The normalized spacial score (nSPS) is 17.1. The van der Waals surface area contributed by atoms with Crippen molar-refractivity contribution in [3.8, 4) is 0 Å². The zero-order chi connectivity index (χ0) is 12.1. The smallest absolute Gasteiger partial charge is 0.317 e. The van der Waals surface area contributed by atoms with Gasteiger partial charge in [0.05, 0.1) is 6.54 Å². The molecule has 1 aliphatic heterocycles. The topological polar surface area (TPSA) is 52.6 Å². The lowest BCUT2D eigenvalue weighted by molar-refractivity contribution is 0.137. The zero-order valence-electron chi connectivity index (χ0n) is 9.76. The quantitative estimate of drug-likeness (QED) is 0.862. The Bertz CT molecular complexity index is 345. The van der Waals surface area contributed by atoms with Crippen LogP contribution in [0.25, 0.3) is 0 Å². The first-order valence-electron chi connectivity index (χ1n) is 5.95. The van der Waals surface area contributed by atoms with Gasteiger partial charge in [-0.3, -0.25) is 0 Å². The van der Waals surface area contributed by atoms with Gasteiger partial charge in [-0.2, -0.15) is 0 Å². The van der Waals surface area contributed by atoms with E-state index in [1.54, 1.807) is 11.3 Å². The van der Waals surface area contributed by atoms with Crippen molar-refractivity contribution in [2.24, 2.45) is 5.92 Å². The van der Waals surface area contributed by atoms with Gasteiger partial charge in [-0.1, -0.05) is 6.07 Å². The standard InChI is InChI=1S/C12H18N2O2S/c15-9-10-3-5-14(6-4-10)12(16)13-8-11-2-1-7-17-11/h1-2,7,10,15H,3-6,8-9H2,(H,13,16). The first kappa shape index (κ1) is 12.4. The van der Waals surface area contributed by atoms with Gasteiger partial charge in [0, 0.05) is 24.6 Å². The highest BCUT2D eigenvalue weighted by molar-refractivity contribution is 7.09. The van der Waals surface area contributed by atoms with Crippen molar-refractivity contribution < 1.29 is 9.90 Å². The van der Waals surface area contributed by atoms with Gasteiger partial charge in [0.1, 0.15) is 0 Å². The van der Waals surface area contributed by atoms with E-state index in [9.17, 15) is 4.79 Å². The molecule has 1 aromatic heterocycles. The Morgan fingerprint density at radius 2 is 2.29 bits per heavy atom. The van der Waals surface area contributed by atoms with E-state index in [0.717, 1.165) is 25.9 Å². The number of carbonyl (C=O) groups excluding carboxylic acids is 1. The lowest BCUT2D eigenvalue weighted by Gasteiger charge is -2.31. The van der Waals surface area contributed by atoms with Crippen LogP contribution in [0.1, 0.15) is 17.7 Å². The molecule has 0 unspecified atom stereocenters. The van der Waals surface area contributed by atoms with Crippen molar-refractivity contribution >= 4 is 17.4 Å². The van der Waals surface area contributed by atoms with Crippen LogP contribution in [0.3, 0.4) is 0 Å². The summed E-state index contributed by atoms with van der Waals surface area (Å²) in [5.74, 6) is 0.372. The van der Waals surface area contributed by atoms with Crippen molar-refractivity contribution in [2.45, 2.75) is 19.4 Å². The number of aliphatic hydroxyl groups excluding tert-OH is 1. The van der Waals surface area contributed by atoms with Crippen LogP contribution in [-0.4, -0.2) is 35.7 Å². The van der Waals surface area contributed by atoms with Crippen LogP contribution in [0, 0.1) is 5.92 Å². The number of nitrogens with one attached hydrogen (secondary N) is 1. The monoisotopic (exact) mass is 254 g/mol. The van der Waals surface area contributed by atoms with Crippen LogP contribution in [0.2, 0.25) is 0 Å². The Morgan fingerprint density at radius 3 is 2.88 bits per heavy atom. The number of aliphatic hydroxyl groups is 1. The highest BCUT2D eigenvalue weighted by atomic mass is 32.1. The van der Waals surface area contributed by atoms with E-state index in [4.69, 9.17) is 5.11 Å². The van der Waals surface area contributed by atoms with E-state index in [0.29, 0.717) is 12.5 Å². The third-order valence-corrected chi connectivity index (χ3v) is 4.03. The number of likely N-dealkylation sites (tertiary alicyclic amines) is 1. The molecule has 2 N–H and O–H groups in total. The van der Waals surface area contributed by atoms with E-state index in [1.165, 1.54) is 4.88 Å². The van der Waals surface area contributed by atoms with E-state index in [2.05, 4.69) is 5.32 Å². The van der Waals surface area contributed by atoms with Crippen molar-refractivity contribution in [3.63, 3.8) is 0 Å². The predicted molar refractivity (Wildman–Crippen MR) is 67.9 cm³/mol. The minimum absolute atomic E-state index is 0.00906. The fourth-order valence-electron chi connectivity index (χ4n) is 2.01. The molecule has 0 bridgehead atoms. The molecule has 1 aliphatic rings. The fourth-order valence-corrected chi connectivity index (χ4v) is 2.65. The second-order valence-corrected chi connectivity index (χ2v) is 5.38. The largest absolute Gasteiger partial charge is 0.396 e. The zero-order valence-corrected chi connectivity index (χ0v) is 10.6. The van der Waals surface area contributed by atoms with Gasteiger partial charge in [-0.15, -0.1) is 11.3 Å². The van der Waals surface area contributed by atoms with Crippen LogP contribution in [0.5, 0.6) is 0 Å². The molecule has 17 heavy (non-hydrogen) atoms. The lowest BCUT2D eigenvalue weighted by Crippen LogP contribution is -2.44. The second kappa shape index (κ2) is 6.02. The first-order chi connectivity index (χ1) is 8.29. The van der Waals surface area contributed by atoms with Gasteiger partial charge in [0.25, 0.3) is 0 Å². The number of amides is 2. The Kier molecular flexibility index (Phi) is 4.39.